The van der Waals surface area contributed by atoms with E-state index in [1.165, 1.54) is 60.8 Å². The molecule has 10 nitrogen and oxygen atoms in total. The molecular formula is C22H20N4O6S. The summed E-state index contributed by atoms with van der Waals surface area (Å²) in [6.45, 7) is 2.31. The van der Waals surface area contributed by atoms with E-state index in [1.807, 2.05) is 6.92 Å². The quantitative estimate of drug-likeness (QED) is 0.280. The monoisotopic (exact) mass is 468 g/mol. The van der Waals surface area contributed by atoms with Crippen molar-refractivity contribution >= 4 is 33.5 Å². The van der Waals surface area contributed by atoms with Gasteiger partial charge in [-0.1, -0.05) is 12.1 Å². The molecule has 2 N–H and O–H groups in total. The molecule has 0 heterocycles. The summed E-state index contributed by atoms with van der Waals surface area (Å²) in [4.78, 5) is 22.6. The topological polar surface area (TPSA) is 140 Å². The number of ether oxygens (including phenoxy) is 1. The second kappa shape index (κ2) is 10.4. The molecule has 0 aliphatic rings. The van der Waals surface area contributed by atoms with Crippen molar-refractivity contribution < 1.29 is 22.9 Å². The van der Waals surface area contributed by atoms with Crippen LogP contribution in [0.2, 0.25) is 0 Å². The first-order valence-electron chi connectivity index (χ1n) is 9.72. The second-order valence-electron chi connectivity index (χ2n) is 6.64. The number of nitro benzene ring substituents is 1. The average molecular weight is 468 g/mol. The maximum absolute atomic E-state index is 12.5. The third kappa shape index (κ3) is 6.37. The molecule has 0 atom stereocenters. The lowest BCUT2D eigenvalue weighted by atomic mass is 10.2. The van der Waals surface area contributed by atoms with Crippen molar-refractivity contribution in [1.29, 1.82) is 0 Å². The van der Waals surface area contributed by atoms with Crippen LogP contribution >= 0.6 is 0 Å². The molecule has 0 fully saturated rings. The number of hydrogen-bond acceptors (Lipinski definition) is 7. The van der Waals surface area contributed by atoms with Gasteiger partial charge in [0.1, 0.15) is 5.75 Å². The lowest BCUT2D eigenvalue weighted by molar-refractivity contribution is -0.384. The molecule has 0 aliphatic heterocycles. The van der Waals surface area contributed by atoms with Crippen molar-refractivity contribution in [2.75, 3.05) is 11.3 Å². The molecule has 33 heavy (non-hydrogen) atoms. The Balaban J connectivity index is 1.61. The summed E-state index contributed by atoms with van der Waals surface area (Å²) in [5.74, 6) is 0.0394. The fourth-order valence-corrected chi connectivity index (χ4v) is 3.79. The van der Waals surface area contributed by atoms with Gasteiger partial charge in [-0.25, -0.2) is 13.8 Å². The largest absolute Gasteiger partial charge is 0.494 e. The van der Waals surface area contributed by atoms with Crippen LogP contribution in [-0.4, -0.2) is 32.1 Å². The third-order valence-corrected chi connectivity index (χ3v) is 5.70. The molecule has 0 aliphatic carbocycles. The first-order chi connectivity index (χ1) is 15.8. The van der Waals surface area contributed by atoms with Crippen molar-refractivity contribution in [3.63, 3.8) is 0 Å². The zero-order valence-corrected chi connectivity index (χ0v) is 18.3. The van der Waals surface area contributed by atoms with Gasteiger partial charge in [-0.3, -0.25) is 19.6 Å². The Hall–Kier alpha value is -4.25. The summed E-state index contributed by atoms with van der Waals surface area (Å²) in [5.41, 5.74) is 3.20. The highest BCUT2D eigenvalue weighted by Crippen LogP contribution is 2.20. The first kappa shape index (κ1) is 23.4. The zero-order valence-electron chi connectivity index (χ0n) is 17.5. The molecule has 0 radical (unpaired) electrons. The van der Waals surface area contributed by atoms with Gasteiger partial charge in [-0.05, 0) is 55.5 Å². The van der Waals surface area contributed by atoms with Gasteiger partial charge >= 0.3 is 0 Å². The highest BCUT2D eigenvalue weighted by molar-refractivity contribution is 7.92. The molecule has 0 spiro atoms. The number of rotatable bonds is 9. The Morgan fingerprint density at radius 3 is 2.42 bits per heavy atom. The van der Waals surface area contributed by atoms with E-state index >= 15 is 0 Å². The maximum atomic E-state index is 12.5. The molecule has 11 heteroatoms. The zero-order chi connectivity index (χ0) is 23.8. The molecule has 3 rings (SSSR count). The van der Waals surface area contributed by atoms with Gasteiger partial charge in [-0.2, -0.15) is 5.10 Å². The van der Waals surface area contributed by atoms with E-state index in [0.29, 0.717) is 17.9 Å². The van der Waals surface area contributed by atoms with Crippen LogP contribution in [0.25, 0.3) is 0 Å². The Labute approximate surface area is 190 Å². The third-order valence-electron chi connectivity index (χ3n) is 4.31. The van der Waals surface area contributed by atoms with E-state index in [1.54, 1.807) is 18.2 Å². The van der Waals surface area contributed by atoms with Gasteiger partial charge in [0.2, 0.25) is 0 Å². The highest BCUT2D eigenvalue weighted by atomic mass is 32.2. The molecule has 0 aromatic heterocycles. The van der Waals surface area contributed by atoms with Crippen molar-refractivity contribution in [2.24, 2.45) is 5.10 Å². The summed E-state index contributed by atoms with van der Waals surface area (Å²) < 4.78 is 32.8. The predicted octanol–water partition coefficient (Wildman–Crippen LogP) is 3.56. The fourth-order valence-electron chi connectivity index (χ4n) is 2.73. The number of anilines is 1. The van der Waals surface area contributed by atoms with Crippen molar-refractivity contribution in [3.05, 3.63) is 94.0 Å². The van der Waals surface area contributed by atoms with E-state index in [4.69, 9.17) is 4.74 Å². The number of nitrogens with one attached hydrogen (secondary N) is 2. The predicted molar refractivity (Wildman–Crippen MR) is 123 cm³/mol. The normalized spacial score (nSPS) is 11.2. The van der Waals surface area contributed by atoms with Crippen LogP contribution in [-0.2, 0) is 10.0 Å². The van der Waals surface area contributed by atoms with Gasteiger partial charge < -0.3 is 4.74 Å². The molecule has 3 aromatic rings. The van der Waals surface area contributed by atoms with Gasteiger partial charge in [0.25, 0.3) is 21.6 Å². The van der Waals surface area contributed by atoms with Crippen LogP contribution in [0.15, 0.2) is 82.8 Å². The van der Waals surface area contributed by atoms with Crippen LogP contribution in [0.4, 0.5) is 11.4 Å². The van der Waals surface area contributed by atoms with Crippen LogP contribution in [0, 0.1) is 10.1 Å². The van der Waals surface area contributed by atoms with Crippen LogP contribution in [0.5, 0.6) is 5.75 Å². The Morgan fingerprint density at radius 1 is 1.09 bits per heavy atom. The van der Waals surface area contributed by atoms with Gasteiger partial charge in [-0.15, -0.1) is 0 Å². The Kier molecular flexibility index (Phi) is 7.36. The van der Waals surface area contributed by atoms with Crippen molar-refractivity contribution in [3.8, 4) is 5.75 Å². The molecule has 0 saturated heterocycles. The van der Waals surface area contributed by atoms with Gasteiger partial charge in [0.15, 0.2) is 0 Å². The number of hydrogen-bond donors (Lipinski definition) is 2. The van der Waals surface area contributed by atoms with Crippen molar-refractivity contribution in [2.45, 2.75) is 11.8 Å². The summed E-state index contributed by atoms with van der Waals surface area (Å²) in [6, 6.07) is 17.6. The molecule has 0 unspecified atom stereocenters. The average Bonchev–Trinajstić information content (AvgIpc) is 2.80. The standard InChI is InChI=1S/C22H20N4O6S/c1-2-32-20-10-12-21(13-11-20)33(30,31)25-18-8-6-17(7-9-18)22(27)24-23-15-16-4-3-5-19(14-16)26(28)29/h3-15,25H,2H2,1H3,(H,24,27)/b23-15+. The number of sulfonamides is 1. The Bertz CT molecular complexity index is 1270. The molecule has 0 saturated carbocycles. The number of hydrazone groups is 1. The van der Waals surface area contributed by atoms with E-state index < -0.39 is 20.9 Å². The number of amides is 1. The van der Waals surface area contributed by atoms with E-state index in [9.17, 15) is 23.3 Å². The summed E-state index contributed by atoms with van der Waals surface area (Å²) in [6.07, 6.45) is 1.28. The molecule has 1 amide bonds. The van der Waals surface area contributed by atoms with Crippen LogP contribution in [0.1, 0.15) is 22.8 Å². The lowest BCUT2D eigenvalue weighted by Crippen LogP contribution is -2.18. The molecule has 3 aromatic carbocycles. The minimum absolute atomic E-state index is 0.0725. The minimum Gasteiger partial charge on any atom is -0.494 e. The number of benzene rings is 3. The smallest absolute Gasteiger partial charge is 0.271 e. The minimum atomic E-state index is -3.81. The lowest BCUT2D eigenvalue weighted by Gasteiger charge is -2.09. The number of nitro groups is 1. The van der Waals surface area contributed by atoms with Crippen molar-refractivity contribution in [1.82, 2.24) is 5.43 Å². The number of nitrogens with zero attached hydrogens (tertiary/aromatic N) is 2. The second-order valence-corrected chi connectivity index (χ2v) is 8.32. The first-order valence-corrected chi connectivity index (χ1v) is 11.2. The highest BCUT2D eigenvalue weighted by Gasteiger charge is 2.15. The number of non-ortho nitro benzene ring substituents is 1. The molecule has 170 valence electrons. The summed E-state index contributed by atoms with van der Waals surface area (Å²) >= 11 is 0. The summed E-state index contributed by atoms with van der Waals surface area (Å²) in [5, 5.41) is 14.6. The summed E-state index contributed by atoms with van der Waals surface area (Å²) in [7, 11) is -3.81. The SMILES string of the molecule is CCOc1ccc(S(=O)(=O)Nc2ccc(C(=O)N/N=C/c3cccc([N+](=O)[O-])c3)cc2)cc1. The van der Waals surface area contributed by atoms with E-state index in [0.717, 1.165) is 0 Å². The van der Waals surface area contributed by atoms with Gasteiger partial charge in [0.05, 0.1) is 22.6 Å². The molecular weight excluding hydrogens is 448 g/mol. The van der Waals surface area contributed by atoms with Crippen LogP contribution < -0.4 is 14.9 Å². The Morgan fingerprint density at radius 2 is 1.79 bits per heavy atom. The maximum Gasteiger partial charge on any atom is 0.271 e. The molecule has 0 bridgehead atoms. The van der Waals surface area contributed by atoms with Gasteiger partial charge in [0, 0.05) is 28.9 Å². The van der Waals surface area contributed by atoms with E-state index in [-0.39, 0.29) is 21.8 Å². The number of carbonyl (C=O) groups excluding carboxylic acids is 1. The van der Waals surface area contributed by atoms with E-state index in [2.05, 4.69) is 15.2 Å². The van der Waals surface area contributed by atoms with Crippen LogP contribution in [0.3, 0.4) is 0 Å². The number of carbonyl (C=O) groups is 1. The fraction of sp³-hybridized carbons (Fsp3) is 0.0909.